The Kier molecular flexibility index (Phi) is 9.70. The fourth-order valence-corrected chi connectivity index (χ4v) is 6.10. The molecule has 204 valence electrons. The highest BCUT2D eigenvalue weighted by atomic mass is 32.2. The number of unbranched alkanes of at least 4 members (excludes halogenated alkanes) is 2. The number of carbonyl (C=O) groups excluding carboxylic acids is 3. The van der Waals surface area contributed by atoms with Crippen molar-refractivity contribution in [1.29, 1.82) is 0 Å². The normalized spacial score (nSPS) is 15.4. The van der Waals surface area contributed by atoms with Crippen molar-refractivity contribution in [2.45, 2.75) is 50.4 Å². The SMILES string of the molecule is NC(=O)CCN1C(=O)CC1S(=O)(=O)N(CCCCCC(=O)c1ccc(F)cc1)Cc1ccc(C(=O)O)cc1. The van der Waals surface area contributed by atoms with Gasteiger partial charge in [-0.25, -0.2) is 17.6 Å². The van der Waals surface area contributed by atoms with E-state index in [2.05, 4.69) is 0 Å². The van der Waals surface area contributed by atoms with E-state index in [0.717, 1.165) is 4.90 Å². The molecule has 0 radical (unpaired) electrons. The first kappa shape index (κ1) is 28.9. The fraction of sp³-hybridized carbons (Fsp3) is 0.385. The molecule has 1 heterocycles. The Balaban J connectivity index is 1.66. The maximum atomic E-state index is 13.5. The van der Waals surface area contributed by atoms with Crippen LogP contribution in [0.4, 0.5) is 4.39 Å². The van der Waals surface area contributed by atoms with Crippen LogP contribution in [0.1, 0.15) is 64.8 Å². The van der Waals surface area contributed by atoms with Gasteiger partial charge in [0, 0.05) is 38.0 Å². The van der Waals surface area contributed by atoms with Crippen LogP contribution in [0, 0.1) is 5.82 Å². The molecule has 0 aliphatic carbocycles. The van der Waals surface area contributed by atoms with Crippen LogP contribution in [0.15, 0.2) is 48.5 Å². The van der Waals surface area contributed by atoms with E-state index in [9.17, 15) is 32.0 Å². The average molecular weight is 548 g/mol. The summed E-state index contributed by atoms with van der Waals surface area (Å²) in [6.45, 7) is -0.0160. The lowest BCUT2D eigenvalue weighted by Gasteiger charge is -2.42. The summed E-state index contributed by atoms with van der Waals surface area (Å²) in [7, 11) is -4.00. The molecular weight excluding hydrogens is 517 g/mol. The van der Waals surface area contributed by atoms with E-state index in [1.54, 1.807) is 0 Å². The molecule has 2 aromatic carbocycles. The summed E-state index contributed by atoms with van der Waals surface area (Å²) in [5.41, 5.74) is 6.20. The van der Waals surface area contributed by atoms with E-state index in [1.165, 1.54) is 52.8 Å². The molecule has 1 saturated heterocycles. The molecule has 1 aliphatic heterocycles. The molecule has 1 aliphatic rings. The van der Waals surface area contributed by atoms with E-state index < -0.39 is 33.1 Å². The van der Waals surface area contributed by atoms with Crippen molar-refractivity contribution in [3.63, 3.8) is 0 Å². The van der Waals surface area contributed by atoms with Gasteiger partial charge in [0.15, 0.2) is 11.2 Å². The van der Waals surface area contributed by atoms with Crippen LogP contribution in [0.3, 0.4) is 0 Å². The van der Waals surface area contributed by atoms with Gasteiger partial charge in [0.2, 0.25) is 21.8 Å². The van der Waals surface area contributed by atoms with E-state index in [1.807, 2.05) is 0 Å². The standard InChI is InChI=1S/C26H30FN3O7S/c27-21-11-9-19(10-12-21)22(31)4-2-1-3-14-29(17-18-5-7-20(8-6-18)26(34)35)38(36,37)25-16-24(33)30(25)15-13-23(28)32/h5-12,25H,1-4,13-17H2,(H2,28,32)(H,34,35). The number of likely N-dealkylation sites (tertiary alicyclic amines) is 1. The maximum Gasteiger partial charge on any atom is 0.335 e. The zero-order chi connectivity index (χ0) is 27.9. The van der Waals surface area contributed by atoms with Gasteiger partial charge < -0.3 is 15.7 Å². The van der Waals surface area contributed by atoms with Gasteiger partial charge in [-0.05, 0) is 54.8 Å². The number of halogens is 1. The van der Waals surface area contributed by atoms with Crippen LogP contribution in [-0.2, 0) is 26.2 Å². The fourth-order valence-electron chi connectivity index (χ4n) is 4.15. The van der Waals surface area contributed by atoms with Gasteiger partial charge in [0.05, 0.1) is 12.0 Å². The van der Waals surface area contributed by atoms with Crippen LogP contribution >= 0.6 is 0 Å². The number of benzene rings is 2. The molecule has 2 amide bonds. The number of Topliss-reactive ketones (excluding diaryl/α,β-unsaturated/α-hetero) is 1. The number of sulfonamides is 1. The summed E-state index contributed by atoms with van der Waals surface area (Å²) in [5, 5.41) is 8.00. The third kappa shape index (κ3) is 7.45. The van der Waals surface area contributed by atoms with Crippen LogP contribution < -0.4 is 5.73 Å². The van der Waals surface area contributed by atoms with Crippen molar-refractivity contribution in [3.8, 4) is 0 Å². The molecule has 0 aromatic heterocycles. The Hall–Kier alpha value is -3.64. The van der Waals surface area contributed by atoms with Gasteiger partial charge in [-0.3, -0.25) is 14.4 Å². The first-order valence-corrected chi connectivity index (χ1v) is 13.7. The monoisotopic (exact) mass is 547 g/mol. The third-order valence-corrected chi connectivity index (χ3v) is 8.50. The number of nitrogens with zero attached hydrogens (tertiary/aromatic N) is 2. The number of nitrogens with two attached hydrogens (primary N) is 1. The number of carboxylic acid groups (broad SMARTS) is 1. The summed E-state index contributed by atoms with van der Waals surface area (Å²) in [6.07, 6.45) is 1.35. The Labute approximate surface area is 220 Å². The number of carboxylic acids is 1. The minimum atomic E-state index is -4.00. The molecule has 2 aromatic rings. The molecule has 0 bridgehead atoms. The smallest absolute Gasteiger partial charge is 0.335 e. The largest absolute Gasteiger partial charge is 0.478 e. The molecule has 38 heavy (non-hydrogen) atoms. The summed E-state index contributed by atoms with van der Waals surface area (Å²) >= 11 is 0. The van der Waals surface area contributed by atoms with Crippen LogP contribution in [0.5, 0.6) is 0 Å². The van der Waals surface area contributed by atoms with Gasteiger partial charge in [0.25, 0.3) is 0 Å². The van der Waals surface area contributed by atoms with Crippen molar-refractivity contribution in [1.82, 2.24) is 9.21 Å². The van der Waals surface area contributed by atoms with Gasteiger partial charge in [-0.15, -0.1) is 0 Å². The Morgan fingerprint density at radius 3 is 2.18 bits per heavy atom. The number of aromatic carboxylic acids is 1. The molecule has 3 rings (SSSR count). The topological polar surface area (TPSA) is 155 Å². The van der Waals surface area contributed by atoms with Gasteiger partial charge in [-0.1, -0.05) is 18.6 Å². The lowest BCUT2D eigenvalue weighted by Crippen LogP contribution is -2.60. The first-order chi connectivity index (χ1) is 18.0. The molecule has 10 nitrogen and oxygen atoms in total. The number of primary amides is 1. The number of β-lactam (4-membered cyclic amide) rings is 1. The average Bonchev–Trinajstić information content (AvgIpc) is 2.86. The van der Waals surface area contributed by atoms with E-state index in [4.69, 9.17) is 10.8 Å². The Bertz CT molecular complexity index is 1280. The molecule has 0 saturated carbocycles. The van der Waals surface area contributed by atoms with Crippen LogP contribution in [0.2, 0.25) is 0 Å². The molecule has 12 heteroatoms. The number of hydrogen-bond donors (Lipinski definition) is 2. The zero-order valence-corrected chi connectivity index (χ0v) is 21.5. The highest BCUT2D eigenvalue weighted by molar-refractivity contribution is 7.89. The summed E-state index contributed by atoms with van der Waals surface area (Å²) in [5.74, 6) is -2.70. The summed E-state index contributed by atoms with van der Waals surface area (Å²) < 4.78 is 41.3. The Morgan fingerprint density at radius 2 is 1.61 bits per heavy atom. The van der Waals surface area contributed by atoms with Gasteiger partial charge in [-0.2, -0.15) is 4.31 Å². The maximum absolute atomic E-state index is 13.5. The van der Waals surface area contributed by atoms with Crippen molar-refractivity contribution in [2.24, 2.45) is 5.73 Å². The number of amides is 2. The lowest BCUT2D eigenvalue weighted by molar-refractivity contribution is -0.142. The van der Waals surface area contributed by atoms with Crippen LogP contribution in [0.25, 0.3) is 0 Å². The highest BCUT2D eigenvalue weighted by Gasteiger charge is 2.47. The molecular formula is C26H30FN3O7S. The number of hydrogen-bond acceptors (Lipinski definition) is 6. The second-order valence-corrected chi connectivity index (χ2v) is 11.2. The molecule has 3 N–H and O–H groups in total. The lowest BCUT2D eigenvalue weighted by atomic mass is 10.0. The third-order valence-electron chi connectivity index (χ3n) is 6.36. The van der Waals surface area contributed by atoms with Crippen molar-refractivity contribution < 1.29 is 37.1 Å². The minimum Gasteiger partial charge on any atom is -0.478 e. The van der Waals surface area contributed by atoms with E-state index >= 15 is 0 Å². The second-order valence-electron chi connectivity index (χ2n) is 9.08. The van der Waals surface area contributed by atoms with Crippen molar-refractivity contribution in [2.75, 3.05) is 13.1 Å². The predicted octanol–water partition coefficient (Wildman–Crippen LogP) is 2.53. The van der Waals surface area contributed by atoms with Crippen LogP contribution in [-0.4, -0.2) is 64.8 Å². The number of rotatable bonds is 15. The highest BCUT2D eigenvalue weighted by Crippen LogP contribution is 2.28. The second kappa shape index (κ2) is 12.7. The first-order valence-electron chi connectivity index (χ1n) is 12.2. The van der Waals surface area contributed by atoms with Gasteiger partial charge >= 0.3 is 5.97 Å². The molecule has 1 unspecified atom stereocenters. The van der Waals surface area contributed by atoms with Crippen molar-refractivity contribution in [3.05, 3.63) is 71.0 Å². The summed E-state index contributed by atoms with van der Waals surface area (Å²) in [6, 6.07) is 11.1. The molecule has 1 atom stereocenters. The number of ketones is 1. The quantitative estimate of drug-likeness (QED) is 0.197. The number of carbonyl (C=O) groups is 4. The molecule has 1 fully saturated rings. The zero-order valence-electron chi connectivity index (χ0n) is 20.7. The van der Waals surface area contributed by atoms with E-state index in [0.29, 0.717) is 30.4 Å². The predicted molar refractivity (Wildman–Crippen MR) is 136 cm³/mol. The van der Waals surface area contributed by atoms with E-state index in [-0.39, 0.29) is 56.2 Å². The Morgan fingerprint density at radius 1 is 0.974 bits per heavy atom. The molecule has 0 spiro atoms. The summed E-state index contributed by atoms with van der Waals surface area (Å²) in [4.78, 5) is 47.8. The minimum absolute atomic E-state index is 0.0366. The van der Waals surface area contributed by atoms with Crippen molar-refractivity contribution >= 4 is 33.6 Å². The van der Waals surface area contributed by atoms with Gasteiger partial charge in [0.1, 0.15) is 5.82 Å².